The molecule has 2 aliphatic rings. The number of aryl methyl sites for hydroxylation is 2. The highest BCUT2D eigenvalue weighted by Crippen LogP contribution is 2.36. The summed E-state index contributed by atoms with van der Waals surface area (Å²) < 4.78 is 43.9. The van der Waals surface area contributed by atoms with Crippen LogP contribution in [-0.2, 0) is 23.0 Å². The molecule has 0 aliphatic carbocycles. The number of anilines is 1. The molecule has 11 nitrogen and oxygen atoms in total. The Morgan fingerprint density at radius 2 is 1.94 bits per heavy atom. The van der Waals surface area contributed by atoms with Gasteiger partial charge in [-0.15, -0.1) is 0 Å². The van der Waals surface area contributed by atoms with Gasteiger partial charge in [-0.3, -0.25) is 9.48 Å². The molecular weight excluding hydrogens is 630 g/mol. The number of rotatable bonds is 5. The molecule has 8 rings (SSSR count). The number of ether oxygens (including phenoxy) is 2. The van der Waals surface area contributed by atoms with Crippen LogP contribution in [0.25, 0.3) is 38.8 Å². The maximum atomic E-state index is 14.8. The number of aromatic nitrogens is 6. The lowest BCUT2D eigenvalue weighted by Gasteiger charge is -2.30. The lowest BCUT2D eigenvalue weighted by atomic mass is 9.98. The highest BCUT2D eigenvalue weighted by Gasteiger charge is 2.42. The third-order valence-electron chi connectivity index (χ3n) is 9.45. The minimum absolute atomic E-state index is 0.0515. The van der Waals surface area contributed by atoms with E-state index in [1.54, 1.807) is 13.3 Å². The quantitative estimate of drug-likeness (QED) is 0.251. The van der Waals surface area contributed by atoms with Crippen LogP contribution in [0.1, 0.15) is 18.5 Å². The first-order chi connectivity index (χ1) is 23.9. The van der Waals surface area contributed by atoms with Crippen molar-refractivity contribution in [1.29, 1.82) is 0 Å². The molecular formula is C36H34F2N8O3. The summed E-state index contributed by atoms with van der Waals surface area (Å²) in [6.45, 7) is 1.69. The van der Waals surface area contributed by atoms with Crippen LogP contribution in [-0.4, -0.2) is 85.8 Å². The Morgan fingerprint density at radius 3 is 2.80 bits per heavy atom. The smallest absolute Gasteiger partial charge is 0.245 e. The SMILES string of the molecule is COCCN1CCCc2c3c(cccc3nn2C)-c2cccc(c2)O[C@H]2C[C@@H](C1=O)N(c1ncnc3c1cnn3-c1ccc(F)cc1F)C2. The molecule has 2 aliphatic heterocycles. The fourth-order valence-corrected chi connectivity index (χ4v) is 7.19. The predicted octanol–water partition coefficient (Wildman–Crippen LogP) is 5.09. The zero-order valence-corrected chi connectivity index (χ0v) is 27.1. The normalized spacial score (nSPS) is 18.2. The van der Waals surface area contributed by atoms with Gasteiger partial charge < -0.3 is 19.3 Å². The van der Waals surface area contributed by atoms with Gasteiger partial charge in [-0.2, -0.15) is 10.2 Å². The summed E-state index contributed by atoms with van der Waals surface area (Å²) in [6, 6.07) is 16.9. The fourth-order valence-electron chi connectivity index (χ4n) is 7.19. The molecule has 49 heavy (non-hydrogen) atoms. The number of fused-ring (bicyclic) bond motifs is 6. The van der Waals surface area contributed by atoms with Gasteiger partial charge in [0.2, 0.25) is 5.91 Å². The van der Waals surface area contributed by atoms with Gasteiger partial charge in [0.05, 0.1) is 30.3 Å². The third-order valence-corrected chi connectivity index (χ3v) is 9.45. The topological polar surface area (TPSA) is 103 Å². The lowest BCUT2D eigenvalue weighted by molar-refractivity contribution is -0.133. The second-order valence-corrected chi connectivity index (χ2v) is 12.4. The average Bonchev–Trinajstić information content (AvgIpc) is 3.81. The van der Waals surface area contributed by atoms with Gasteiger partial charge in [-0.05, 0) is 54.3 Å². The molecule has 0 N–H and O–H groups in total. The first-order valence-corrected chi connectivity index (χ1v) is 16.3. The van der Waals surface area contributed by atoms with Gasteiger partial charge in [0.1, 0.15) is 41.5 Å². The lowest BCUT2D eigenvalue weighted by Crippen LogP contribution is -2.47. The van der Waals surface area contributed by atoms with Crippen molar-refractivity contribution in [2.24, 2.45) is 7.05 Å². The first kappa shape index (κ1) is 30.9. The van der Waals surface area contributed by atoms with Crippen molar-refractivity contribution >= 4 is 33.7 Å². The van der Waals surface area contributed by atoms with Crippen LogP contribution in [0.5, 0.6) is 5.75 Å². The van der Waals surface area contributed by atoms with E-state index in [-0.39, 0.29) is 17.7 Å². The monoisotopic (exact) mass is 664 g/mol. The number of carbonyl (C=O) groups excluding carboxylic acids is 1. The fraction of sp³-hybridized carbons (Fsp3) is 0.306. The summed E-state index contributed by atoms with van der Waals surface area (Å²) in [5.74, 6) is -0.352. The Bertz CT molecular complexity index is 2200. The molecule has 4 bridgehead atoms. The number of amides is 1. The number of carbonyl (C=O) groups is 1. The second-order valence-electron chi connectivity index (χ2n) is 12.4. The highest BCUT2D eigenvalue weighted by atomic mass is 19.1. The molecule has 0 saturated carbocycles. The van der Waals surface area contributed by atoms with E-state index in [4.69, 9.17) is 14.6 Å². The summed E-state index contributed by atoms with van der Waals surface area (Å²) >= 11 is 0. The molecule has 6 aromatic rings. The van der Waals surface area contributed by atoms with Crippen molar-refractivity contribution in [2.45, 2.75) is 31.4 Å². The van der Waals surface area contributed by atoms with Crippen LogP contribution >= 0.6 is 0 Å². The van der Waals surface area contributed by atoms with Crippen molar-refractivity contribution in [3.63, 3.8) is 0 Å². The van der Waals surface area contributed by atoms with E-state index in [2.05, 4.69) is 27.2 Å². The third kappa shape index (κ3) is 5.53. The summed E-state index contributed by atoms with van der Waals surface area (Å²) in [6.07, 6.45) is 4.43. The van der Waals surface area contributed by atoms with Crippen molar-refractivity contribution in [2.75, 3.05) is 38.3 Å². The Labute approximate surface area is 280 Å². The van der Waals surface area contributed by atoms with Gasteiger partial charge >= 0.3 is 0 Å². The van der Waals surface area contributed by atoms with Crippen LogP contribution < -0.4 is 9.64 Å². The Kier molecular flexibility index (Phi) is 7.91. The minimum Gasteiger partial charge on any atom is -0.488 e. The van der Waals surface area contributed by atoms with Gasteiger partial charge in [-0.1, -0.05) is 24.3 Å². The van der Waals surface area contributed by atoms with E-state index in [0.29, 0.717) is 55.3 Å². The number of nitrogens with zero attached hydrogens (tertiary/aromatic N) is 8. The Morgan fingerprint density at radius 1 is 1.06 bits per heavy atom. The molecule has 1 saturated heterocycles. The van der Waals surface area contributed by atoms with Crippen LogP contribution in [0.4, 0.5) is 14.6 Å². The average molecular weight is 665 g/mol. The van der Waals surface area contributed by atoms with Gasteiger partial charge in [0.15, 0.2) is 11.5 Å². The van der Waals surface area contributed by atoms with Crippen molar-refractivity contribution in [1.82, 2.24) is 34.4 Å². The van der Waals surface area contributed by atoms with Gasteiger partial charge in [0, 0.05) is 50.8 Å². The van der Waals surface area contributed by atoms with Crippen molar-refractivity contribution < 1.29 is 23.0 Å². The summed E-state index contributed by atoms with van der Waals surface area (Å²) in [7, 11) is 3.59. The summed E-state index contributed by atoms with van der Waals surface area (Å²) in [5, 5.41) is 10.8. The maximum absolute atomic E-state index is 14.8. The standard InChI is InChI=1S/C36H34F2N8O3/c1-43-31-10-5-13-44(14-15-48-2)36(47)32-18-25(49-24-7-3-6-22(16-24)26-8-4-9-29(42-43)33(26)31)20-45(32)34-27-19-41-46(35(27)40-21-39-34)30-12-11-23(37)17-28(30)38/h3-4,6-9,11-12,16-17,19,21,25,32H,5,10,13-15,18,20H2,1-2H3/t25-,32-/m0/s1. The Hall–Kier alpha value is -5.43. The molecule has 13 heteroatoms. The molecule has 250 valence electrons. The molecule has 0 unspecified atom stereocenters. The second kappa shape index (κ2) is 12.5. The summed E-state index contributed by atoms with van der Waals surface area (Å²) in [4.78, 5) is 27.4. The molecule has 5 heterocycles. The van der Waals surface area contributed by atoms with Crippen LogP contribution in [0.2, 0.25) is 0 Å². The van der Waals surface area contributed by atoms with Gasteiger partial charge in [0.25, 0.3) is 0 Å². The number of hydrogen-bond donors (Lipinski definition) is 0. The van der Waals surface area contributed by atoms with E-state index in [0.717, 1.165) is 46.6 Å². The van der Waals surface area contributed by atoms with Gasteiger partial charge in [-0.25, -0.2) is 23.4 Å². The predicted molar refractivity (Wildman–Crippen MR) is 180 cm³/mol. The Balaban J connectivity index is 1.21. The van der Waals surface area contributed by atoms with Crippen LogP contribution in [0.15, 0.2) is 73.2 Å². The van der Waals surface area contributed by atoms with E-state index < -0.39 is 17.7 Å². The molecule has 3 aromatic heterocycles. The molecule has 1 fully saturated rings. The zero-order chi connectivity index (χ0) is 33.6. The zero-order valence-electron chi connectivity index (χ0n) is 27.1. The van der Waals surface area contributed by atoms with Crippen LogP contribution in [0, 0.1) is 11.6 Å². The number of methoxy groups -OCH3 is 1. The van der Waals surface area contributed by atoms with E-state index in [1.807, 2.05) is 51.9 Å². The van der Waals surface area contributed by atoms with E-state index in [1.165, 1.54) is 23.1 Å². The van der Waals surface area contributed by atoms with E-state index >= 15 is 0 Å². The van der Waals surface area contributed by atoms with Crippen molar-refractivity contribution in [3.05, 3.63) is 90.5 Å². The number of hydrogen-bond acceptors (Lipinski definition) is 8. The molecule has 0 spiro atoms. The van der Waals surface area contributed by atoms with Crippen molar-refractivity contribution in [3.8, 4) is 22.6 Å². The first-order valence-electron chi connectivity index (χ1n) is 16.3. The van der Waals surface area contributed by atoms with Crippen LogP contribution in [0.3, 0.4) is 0 Å². The maximum Gasteiger partial charge on any atom is 0.245 e. The summed E-state index contributed by atoms with van der Waals surface area (Å²) in [5.41, 5.74) is 4.52. The molecule has 1 amide bonds. The molecule has 2 atom stereocenters. The number of benzene rings is 3. The minimum atomic E-state index is -0.772. The molecule has 3 aromatic carbocycles. The highest BCUT2D eigenvalue weighted by molar-refractivity contribution is 5.97. The number of halogens is 2. The van der Waals surface area contributed by atoms with E-state index in [9.17, 15) is 13.6 Å². The molecule has 0 radical (unpaired) electrons. The largest absolute Gasteiger partial charge is 0.488 e.